The molecule has 0 aliphatic carbocycles. The molecule has 0 N–H and O–H groups in total. The first-order valence-corrected chi connectivity index (χ1v) is 8.36. The van der Waals surface area contributed by atoms with Gasteiger partial charge in [0.05, 0.1) is 17.7 Å². The third kappa shape index (κ3) is 3.91. The van der Waals surface area contributed by atoms with Crippen LogP contribution in [0.3, 0.4) is 0 Å². The molecule has 0 saturated heterocycles. The molecule has 0 amide bonds. The van der Waals surface area contributed by atoms with E-state index >= 15 is 0 Å². The van der Waals surface area contributed by atoms with Crippen molar-refractivity contribution in [1.82, 2.24) is 4.90 Å². The molecule has 2 rings (SSSR count). The quantitative estimate of drug-likeness (QED) is 0.580. The van der Waals surface area contributed by atoms with Crippen LogP contribution in [0, 0.1) is 20.8 Å². The highest BCUT2D eigenvalue weighted by Gasteiger charge is 2.13. The van der Waals surface area contributed by atoms with Crippen LogP contribution in [0.4, 0.5) is 5.69 Å². The number of aryl methyl sites for hydroxylation is 3. The van der Waals surface area contributed by atoms with Crippen LogP contribution in [-0.2, 0) is 0 Å². The second-order valence-corrected chi connectivity index (χ2v) is 6.16. The van der Waals surface area contributed by atoms with E-state index in [1.165, 1.54) is 22.3 Å². The molecule has 0 aliphatic rings. The highest BCUT2D eigenvalue weighted by atomic mass is 15.1. The Bertz CT molecular complexity index is 773. The van der Waals surface area contributed by atoms with E-state index in [0.717, 1.165) is 23.5 Å². The van der Waals surface area contributed by atoms with Crippen LogP contribution in [0.5, 0.6) is 0 Å². The second kappa shape index (κ2) is 7.91. The van der Waals surface area contributed by atoms with Crippen LogP contribution < -0.4 is 0 Å². The lowest BCUT2D eigenvalue weighted by atomic mass is 9.93. The summed E-state index contributed by atoms with van der Waals surface area (Å²) in [4.78, 5) is 11.3. The van der Waals surface area contributed by atoms with Crippen molar-refractivity contribution in [3.63, 3.8) is 0 Å². The molecule has 126 valence electrons. The summed E-state index contributed by atoms with van der Waals surface area (Å²) in [6.07, 6.45) is 1.89. The first-order valence-electron chi connectivity index (χ1n) is 8.36. The third-order valence-electron chi connectivity index (χ3n) is 4.31. The van der Waals surface area contributed by atoms with Crippen molar-refractivity contribution in [3.8, 4) is 0 Å². The van der Waals surface area contributed by atoms with Crippen molar-refractivity contribution in [2.45, 2.75) is 27.7 Å². The first kappa shape index (κ1) is 17.9. The molecule has 0 saturated carbocycles. The number of rotatable bonds is 5. The minimum absolute atomic E-state index is 0.944. The van der Waals surface area contributed by atoms with E-state index in [1.807, 2.05) is 20.4 Å². The van der Waals surface area contributed by atoms with Crippen LogP contribution in [0.2, 0.25) is 0 Å². The first-order chi connectivity index (χ1) is 11.5. The fourth-order valence-electron chi connectivity index (χ4n) is 2.66. The Morgan fingerprint density at radius 1 is 1.00 bits per heavy atom. The summed E-state index contributed by atoms with van der Waals surface area (Å²) < 4.78 is 0. The van der Waals surface area contributed by atoms with Gasteiger partial charge in [0.2, 0.25) is 0 Å². The molecule has 0 spiro atoms. The van der Waals surface area contributed by atoms with Crippen molar-refractivity contribution in [3.05, 3.63) is 64.2 Å². The van der Waals surface area contributed by atoms with Gasteiger partial charge in [-0.15, -0.1) is 0 Å². The van der Waals surface area contributed by atoms with Gasteiger partial charge >= 0.3 is 0 Å². The zero-order valence-corrected chi connectivity index (χ0v) is 15.6. The molecule has 0 bridgehead atoms. The molecule has 2 aromatic carbocycles. The molecule has 3 nitrogen and oxygen atoms in total. The Kier molecular flexibility index (Phi) is 5.91. The van der Waals surface area contributed by atoms with Crippen molar-refractivity contribution in [2.24, 2.45) is 9.98 Å². The summed E-state index contributed by atoms with van der Waals surface area (Å²) in [5.74, 6) is 0. The fraction of sp³-hybridized carbons (Fsp3) is 0.333. The maximum Gasteiger partial charge on any atom is 0.0909 e. The number of nitrogens with zero attached hydrogens (tertiary/aromatic N) is 3. The van der Waals surface area contributed by atoms with Crippen LogP contribution in [-0.4, -0.2) is 37.6 Å². The Balaban J connectivity index is 2.47. The van der Waals surface area contributed by atoms with Gasteiger partial charge in [0, 0.05) is 31.8 Å². The van der Waals surface area contributed by atoms with E-state index in [1.54, 1.807) is 0 Å². The average Bonchev–Trinajstić information content (AvgIpc) is 2.58. The molecule has 0 fully saturated rings. The van der Waals surface area contributed by atoms with E-state index in [2.05, 4.69) is 79.0 Å². The smallest absolute Gasteiger partial charge is 0.0909 e. The third-order valence-corrected chi connectivity index (χ3v) is 4.31. The summed E-state index contributed by atoms with van der Waals surface area (Å²) in [6, 6.07) is 12.7. The van der Waals surface area contributed by atoms with Crippen LogP contribution in [0.25, 0.3) is 0 Å². The van der Waals surface area contributed by atoms with Gasteiger partial charge in [0.25, 0.3) is 0 Å². The van der Waals surface area contributed by atoms with Crippen molar-refractivity contribution >= 4 is 17.7 Å². The highest BCUT2D eigenvalue weighted by Crippen LogP contribution is 2.26. The average molecular weight is 321 g/mol. The lowest BCUT2D eigenvalue weighted by Gasteiger charge is -2.15. The normalized spacial score (nSPS) is 12.0. The minimum atomic E-state index is 0.944. The fourth-order valence-corrected chi connectivity index (χ4v) is 2.66. The summed E-state index contributed by atoms with van der Waals surface area (Å²) in [5.41, 5.74) is 7.99. The molecule has 0 atom stereocenters. The van der Waals surface area contributed by atoms with Crippen LogP contribution in [0.1, 0.15) is 34.7 Å². The Hall–Kier alpha value is -2.42. The zero-order valence-electron chi connectivity index (χ0n) is 15.6. The van der Waals surface area contributed by atoms with Crippen LogP contribution in [0.15, 0.2) is 46.4 Å². The largest absolute Gasteiger partial charge is 0.366 e. The highest BCUT2D eigenvalue weighted by molar-refractivity contribution is 6.14. The summed E-state index contributed by atoms with van der Waals surface area (Å²) >= 11 is 0. The van der Waals surface area contributed by atoms with E-state index < -0.39 is 0 Å². The van der Waals surface area contributed by atoms with E-state index in [4.69, 9.17) is 0 Å². The lowest BCUT2D eigenvalue weighted by molar-refractivity contribution is 0.552. The predicted molar refractivity (Wildman–Crippen MR) is 105 cm³/mol. The van der Waals surface area contributed by atoms with Gasteiger partial charge in [-0.1, -0.05) is 24.3 Å². The van der Waals surface area contributed by atoms with Gasteiger partial charge in [-0.3, -0.25) is 4.99 Å². The molecular formula is C21H27N3. The monoisotopic (exact) mass is 321 g/mol. The SMILES string of the molecule is CCN(C)/C=N\c1cc(C)c(/C(=N\C)c2ccccc2C)cc1C. The standard InChI is InChI=1S/C21H27N3/c1-7-24(6)14-23-20-13-16(3)19(12-17(20)4)21(22-5)18-11-9-8-10-15(18)2/h8-14H,7H2,1-6H3/b22-21-,23-14-. The van der Waals surface area contributed by atoms with Crippen molar-refractivity contribution < 1.29 is 0 Å². The van der Waals surface area contributed by atoms with Gasteiger partial charge in [0.1, 0.15) is 0 Å². The molecule has 2 aromatic rings. The maximum absolute atomic E-state index is 4.61. The predicted octanol–water partition coefficient (Wildman–Crippen LogP) is 4.69. The van der Waals surface area contributed by atoms with Gasteiger partial charge in [-0.25, -0.2) is 4.99 Å². The molecular weight excluding hydrogens is 294 g/mol. The van der Waals surface area contributed by atoms with Gasteiger partial charge < -0.3 is 4.90 Å². The van der Waals surface area contributed by atoms with Crippen LogP contribution >= 0.6 is 0 Å². The van der Waals surface area contributed by atoms with Crippen molar-refractivity contribution in [1.29, 1.82) is 0 Å². The number of benzene rings is 2. The number of hydrogen-bond donors (Lipinski definition) is 0. The minimum Gasteiger partial charge on any atom is -0.366 e. The molecule has 0 radical (unpaired) electrons. The van der Waals surface area contributed by atoms with Gasteiger partial charge in [-0.2, -0.15) is 0 Å². The summed E-state index contributed by atoms with van der Waals surface area (Å²) in [6.45, 7) is 9.41. The van der Waals surface area contributed by atoms with Gasteiger partial charge in [0.15, 0.2) is 0 Å². The second-order valence-electron chi connectivity index (χ2n) is 6.16. The Morgan fingerprint density at radius 2 is 1.71 bits per heavy atom. The Labute approximate surface area is 145 Å². The molecule has 24 heavy (non-hydrogen) atoms. The zero-order chi connectivity index (χ0) is 17.7. The van der Waals surface area contributed by atoms with E-state index in [-0.39, 0.29) is 0 Å². The topological polar surface area (TPSA) is 28.0 Å². The molecule has 0 heterocycles. The molecule has 0 aliphatic heterocycles. The molecule has 0 unspecified atom stereocenters. The van der Waals surface area contributed by atoms with Crippen molar-refractivity contribution in [2.75, 3.05) is 20.6 Å². The lowest BCUT2D eigenvalue weighted by Crippen LogP contribution is -2.14. The number of hydrogen-bond acceptors (Lipinski definition) is 2. The molecule has 0 aromatic heterocycles. The maximum atomic E-state index is 4.61. The summed E-state index contributed by atoms with van der Waals surface area (Å²) in [5, 5.41) is 0. The van der Waals surface area contributed by atoms with Gasteiger partial charge in [-0.05, 0) is 56.5 Å². The van der Waals surface area contributed by atoms with E-state index in [9.17, 15) is 0 Å². The summed E-state index contributed by atoms with van der Waals surface area (Å²) in [7, 11) is 3.89. The Morgan fingerprint density at radius 3 is 2.33 bits per heavy atom. The van der Waals surface area contributed by atoms with E-state index in [0.29, 0.717) is 0 Å². The number of aliphatic imine (C=N–C) groups is 2. The molecule has 3 heteroatoms.